The normalized spacial score (nSPS) is 15.7. The zero-order valence-corrected chi connectivity index (χ0v) is 17.7. The Morgan fingerprint density at radius 1 is 1.19 bits per heavy atom. The van der Waals surface area contributed by atoms with E-state index in [1.165, 1.54) is 18.2 Å². The van der Waals surface area contributed by atoms with E-state index in [1.807, 2.05) is 4.90 Å². The number of nitrogens with one attached hydrogen (secondary N) is 1. The van der Waals surface area contributed by atoms with E-state index in [0.29, 0.717) is 11.1 Å². The van der Waals surface area contributed by atoms with Gasteiger partial charge in [-0.05, 0) is 55.2 Å². The van der Waals surface area contributed by atoms with Crippen LogP contribution in [0.15, 0.2) is 53.4 Å². The van der Waals surface area contributed by atoms with Gasteiger partial charge >= 0.3 is 6.18 Å². The molecular weight excluding hydrogens is 431 g/mol. The molecule has 3 N–H and O–H groups in total. The third-order valence-electron chi connectivity index (χ3n) is 5.28. The first-order valence-electron chi connectivity index (χ1n) is 9.76. The SMILES string of the molecule is CC(c1cccc(C(F)(F)F)c1)N(CC(=O)NCc1ccc(S(N)(=O)=O)cc1)C1CC1. The summed E-state index contributed by atoms with van der Waals surface area (Å²) in [5.74, 6) is -0.263. The molecule has 2 aromatic rings. The average Bonchev–Trinajstić information content (AvgIpc) is 3.54. The van der Waals surface area contributed by atoms with Crippen molar-refractivity contribution in [3.8, 4) is 0 Å². The fourth-order valence-corrected chi connectivity index (χ4v) is 3.89. The first-order chi connectivity index (χ1) is 14.4. The first-order valence-corrected chi connectivity index (χ1v) is 11.3. The van der Waals surface area contributed by atoms with Crippen LogP contribution in [0.1, 0.15) is 42.5 Å². The summed E-state index contributed by atoms with van der Waals surface area (Å²) in [6.45, 7) is 2.05. The standard InChI is InChI=1S/C21H24F3N3O3S/c1-14(16-3-2-4-17(11-16)21(22,23)24)27(18-7-8-18)13-20(28)26-12-15-5-9-19(10-6-15)31(25,29)30/h2-6,9-11,14,18H,7-8,12-13H2,1H3,(H,26,28)(H2,25,29,30). The van der Waals surface area contributed by atoms with Gasteiger partial charge in [-0.2, -0.15) is 13.2 Å². The number of halogens is 3. The molecule has 3 rings (SSSR count). The van der Waals surface area contributed by atoms with Crippen LogP contribution in [0, 0.1) is 0 Å². The van der Waals surface area contributed by atoms with Crippen molar-refractivity contribution >= 4 is 15.9 Å². The fraction of sp³-hybridized carbons (Fsp3) is 0.381. The van der Waals surface area contributed by atoms with Gasteiger partial charge in [0.25, 0.3) is 0 Å². The van der Waals surface area contributed by atoms with E-state index in [0.717, 1.165) is 25.0 Å². The summed E-state index contributed by atoms with van der Waals surface area (Å²) in [5.41, 5.74) is 0.498. The Kier molecular flexibility index (Phi) is 6.73. The van der Waals surface area contributed by atoms with Crippen molar-refractivity contribution in [1.82, 2.24) is 10.2 Å². The predicted octanol–water partition coefficient (Wildman–Crippen LogP) is 3.19. The lowest BCUT2D eigenvalue weighted by atomic mass is 10.0. The number of alkyl halides is 3. The Labute approximate surface area is 179 Å². The summed E-state index contributed by atoms with van der Waals surface area (Å²) in [6.07, 6.45) is -2.63. The number of hydrogen-bond acceptors (Lipinski definition) is 4. The van der Waals surface area contributed by atoms with E-state index < -0.39 is 21.8 Å². The van der Waals surface area contributed by atoms with Gasteiger partial charge in [0.05, 0.1) is 17.0 Å². The molecule has 1 amide bonds. The molecule has 10 heteroatoms. The highest BCUT2D eigenvalue weighted by atomic mass is 32.2. The minimum absolute atomic E-state index is 0.0163. The molecule has 0 bridgehead atoms. The number of sulfonamides is 1. The predicted molar refractivity (Wildman–Crippen MR) is 109 cm³/mol. The van der Waals surface area contributed by atoms with Gasteiger partial charge in [-0.3, -0.25) is 9.69 Å². The van der Waals surface area contributed by atoms with E-state index in [4.69, 9.17) is 5.14 Å². The Balaban J connectivity index is 1.63. The summed E-state index contributed by atoms with van der Waals surface area (Å²) in [5, 5.41) is 7.83. The maximum absolute atomic E-state index is 13.0. The largest absolute Gasteiger partial charge is 0.416 e. The van der Waals surface area contributed by atoms with Gasteiger partial charge in [0.2, 0.25) is 15.9 Å². The van der Waals surface area contributed by atoms with E-state index in [9.17, 15) is 26.4 Å². The molecule has 0 saturated heterocycles. The van der Waals surface area contributed by atoms with Gasteiger partial charge in [0, 0.05) is 18.6 Å². The van der Waals surface area contributed by atoms with Crippen molar-refractivity contribution < 1.29 is 26.4 Å². The van der Waals surface area contributed by atoms with Gasteiger partial charge in [0.15, 0.2) is 0 Å². The topological polar surface area (TPSA) is 92.5 Å². The van der Waals surface area contributed by atoms with Crippen LogP contribution in [-0.2, 0) is 27.5 Å². The number of carbonyl (C=O) groups is 1. The molecule has 0 radical (unpaired) electrons. The minimum atomic E-state index is -4.42. The highest BCUT2D eigenvalue weighted by molar-refractivity contribution is 7.89. The van der Waals surface area contributed by atoms with E-state index in [2.05, 4.69) is 5.32 Å². The molecule has 1 aliphatic rings. The molecule has 1 aliphatic carbocycles. The average molecular weight is 456 g/mol. The molecule has 1 saturated carbocycles. The van der Waals surface area contributed by atoms with Crippen molar-refractivity contribution in [3.05, 3.63) is 65.2 Å². The molecule has 1 atom stereocenters. The maximum Gasteiger partial charge on any atom is 0.416 e. The van der Waals surface area contributed by atoms with Gasteiger partial charge in [-0.25, -0.2) is 13.6 Å². The van der Waals surface area contributed by atoms with Gasteiger partial charge in [-0.1, -0.05) is 24.3 Å². The molecule has 168 valence electrons. The van der Waals surface area contributed by atoms with E-state index in [-0.39, 0.29) is 36.0 Å². The zero-order valence-electron chi connectivity index (χ0n) is 16.9. The second-order valence-electron chi connectivity index (χ2n) is 7.67. The maximum atomic E-state index is 13.0. The van der Waals surface area contributed by atoms with Crippen molar-refractivity contribution in [2.24, 2.45) is 5.14 Å². The minimum Gasteiger partial charge on any atom is -0.351 e. The molecule has 31 heavy (non-hydrogen) atoms. The van der Waals surface area contributed by atoms with Crippen LogP contribution in [0.2, 0.25) is 0 Å². The number of nitrogens with zero attached hydrogens (tertiary/aromatic N) is 1. The van der Waals surface area contributed by atoms with Crippen LogP contribution in [0.3, 0.4) is 0 Å². The number of nitrogens with two attached hydrogens (primary N) is 1. The summed E-state index contributed by atoms with van der Waals surface area (Å²) in [6, 6.07) is 10.8. The third kappa shape index (κ3) is 6.28. The van der Waals surface area contributed by atoms with Crippen LogP contribution in [-0.4, -0.2) is 31.8 Å². The highest BCUT2D eigenvalue weighted by Gasteiger charge is 2.35. The lowest BCUT2D eigenvalue weighted by molar-refractivity contribution is -0.137. The van der Waals surface area contributed by atoms with Gasteiger partial charge in [-0.15, -0.1) is 0 Å². The molecule has 0 heterocycles. The number of amides is 1. The van der Waals surface area contributed by atoms with E-state index >= 15 is 0 Å². The summed E-state index contributed by atoms with van der Waals surface area (Å²) >= 11 is 0. The lowest BCUT2D eigenvalue weighted by Gasteiger charge is -2.29. The summed E-state index contributed by atoms with van der Waals surface area (Å²) in [4.78, 5) is 14.4. The summed E-state index contributed by atoms with van der Waals surface area (Å²) in [7, 11) is -3.78. The van der Waals surface area contributed by atoms with E-state index in [1.54, 1.807) is 25.1 Å². The number of hydrogen-bond donors (Lipinski definition) is 2. The van der Waals surface area contributed by atoms with Crippen molar-refractivity contribution in [3.63, 3.8) is 0 Å². The van der Waals surface area contributed by atoms with Crippen molar-refractivity contribution in [2.75, 3.05) is 6.54 Å². The molecular formula is C21H24F3N3O3S. The molecule has 1 fully saturated rings. The number of benzene rings is 2. The lowest BCUT2D eigenvalue weighted by Crippen LogP contribution is -2.39. The Morgan fingerprint density at radius 3 is 2.39 bits per heavy atom. The second kappa shape index (κ2) is 8.97. The Bertz CT molecular complexity index is 1040. The van der Waals surface area contributed by atoms with Gasteiger partial charge < -0.3 is 5.32 Å². The first kappa shape index (κ1) is 23.2. The Morgan fingerprint density at radius 2 is 1.84 bits per heavy atom. The number of primary sulfonamides is 1. The Hall–Kier alpha value is -2.43. The molecule has 1 unspecified atom stereocenters. The van der Waals surface area contributed by atoms with Crippen LogP contribution in [0.5, 0.6) is 0 Å². The van der Waals surface area contributed by atoms with Crippen LogP contribution < -0.4 is 10.5 Å². The monoisotopic (exact) mass is 455 g/mol. The highest BCUT2D eigenvalue weighted by Crippen LogP contribution is 2.36. The van der Waals surface area contributed by atoms with Gasteiger partial charge in [0.1, 0.15) is 0 Å². The molecule has 0 spiro atoms. The van der Waals surface area contributed by atoms with Crippen LogP contribution in [0.4, 0.5) is 13.2 Å². The molecule has 6 nitrogen and oxygen atoms in total. The number of carbonyl (C=O) groups excluding carboxylic acids is 1. The summed E-state index contributed by atoms with van der Waals surface area (Å²) < 4.78 is 61.7. The zero-order chi connectivity index (χ0) is 22.8. The van der Waals surface area contributed by atoms with Crippen LogP contribution in [0.25, 0.3) is 0 Å². The number of rotatable bonds is 8. The molecule has 0 aromatic heterocycles. The third-order valence-corrected chi connectivity index (χ3v) is 6.21. The smallest absolute Gasteiger partial charge is 0.351 e. The molecule has 2 aromatic carbocycles. The fourth-order valence-electron chi connectivity index (χ4n) is 3.37. The van der Waals surface area contributed by atoms with Crippen molar-refractivity contribution in [1.29, 1.82) is 0 Å². The van der Waals surface area contributed by atoms with Crippen molar-refractivity contribution in [2.45, 2.75) is 49.5 Å². The second-order valence-corrected chi connectivity index (χ2v) is 9.23. The quantitative estimate of drug-likeness (QED) is 0.640. The molecule has 0 aliphatic heterocycles. The van der Waals surface area contributed by atoms with Crippen LogP contribution >= 0.6 is 0 Å².